The average molecular weight is 406 g/mol. The Morgan fingerprint density at radius 3 is 2.73 bits per heavy atom. The molecule has 1 aromatic carbocycles. The standard InChI is InChI=1S/C20H18N6O4/c1-11-4-3-5-13(6-11)19-18(20(21)28)24-16(30-19)7-14-8-22-26(25-14)9-17-23-15(10-29-17)12(2)27/h3-6,8,10H,7,9H2,1-2H3,(H2,21,28). The molecular weight excluding hydrogens is 388 g/mol. The Morgan fingerprint density at radius 2 is 2.03 bits per heavy atom. The minimum Gasteiger partial charge on any atom is -0.446 e. The molecular formula is C20H18N6O4. The number of benzene rings is 1. The largest absolute Gasteiger partial charge is 0.446 e. The van der Waals surface area contributed by atoms with E-state index in [-0.39, 0.29) is 30.1 Å². The maximum Gasteiger partial charge on any atom is 0.271 e. The van der Waals surface area contributed by atoms with Gasteiger partial charge in [-0.05, 0) is 13.0 Å². The van der Waals surface area contributed by atoms with Crippen molar-refractivity contribution in [2.75, 3.05) is 0 Å². The van der Waals surface area contributed by atoms with Gasteiger partial charge in [0.15, 0.2) is 17.2 Å². The summed E-state index contributed by atoms with van der Waals surface area (Å²) < 4.78 is 11.1. The van der Waals surface area contributed by atoms with E-state index in [1.807, 2.05) is 31.2 Å². The molecule has 1 amide bonds. The first-order valence-corrected chi connectivity index (χ1v) is 9.10. The minimum absolute atomic E-state index is 0.0690. The van der Waals surface area contributed by atoms with E-state index in [0.29, 0.717) is 23.2 Å². The van der Waals surface area contributed by atoms with Crippen molar-refractivity contribution < 1.29 is 18.4 Å². The van der Waals surface area contributed by atoms with Crippen molar-refractivity contribution in [2.45, 2.75) is 26.8 Å². The van der Waals surface area contributed by atoms with Gasteiger partial charge in [-0.3, -0.25) is 9.59 Å². The molecule has 3 heterocycles. The Balaban J connectivity index is 1.54. The van der Waals surface area contributed by atoms with Crippen LogP contribution in [0.25, 0.3) is 11.3 Å². The van der Waals surface area contributed by atoms with E-state index in [4.69, 9.17) is 14.6 Å². The number of Topliss-reactive ketones (excluding diaryl/α,β-unsaturated/α-hetero) is 1. The fraction of sp³-hybridized carbons (Fsp3) is 0.200. The Kier molecular flexibility index (Phi) is 4.97. The molecule has 10 heteroatoms. The average Bonchev–Trinajstić information content (AvgIpc) is 3.42. The van der Waals surface area contributed by atoms with E-state index in [2.05, 4.69) is 20.2 Å². The number of aromatic nitrogens is 5. The predicted octanol–water partition coefficient (Wildman–Crippen LogP) is 2.17. The van der Waals surface area contributed by atoms with E-state index in [1.165, 1.54) is 18.0 Å². The lowest BCUT2D eigenvalue weighted by Crippen LogP contribution is -2.12. The Morgan fingerprint density at radius 1 is 1.20 bits per heavy atom. The first kappa shape index (κ1) is 19.2. The number of carbonyl (C=O) groups is 2. The molecule has 2 N–H and O–H groups in total. The van der Waals surface area contributed by atoms with Gasteiger partial charge in [-0.15, -0.1) is 0 Å². The summed E-state index contributed by atoms with van der Waals surface area (Å²) >= 11 is 0. The van der Waals surface area contributed by atoms with E-state index in [1.54, 1.807) is 6.20 Å². The summed E-state index contributed by atoms with van der Waals surface area (Å²) in [6, 6.07) is 7.52. The highest BCUT2D eigenvalue weighted by Gasteiger charge is 2.20. The molecule has 0 aliphatic rings. The van der Waals surface area contributed by atoms with Gasteiger partial charge in [0.25, 0.3) is 5.91 Å². The molecule has 0 bridgehead atoms. The molecule has 4 rings (SSSR count). The first-order chi connectivity index (χ1) is 14.4. The zero-order valence-corrected chi connectivity index (χ0v) is 16.3. The molecule has 0 spiro atoms. The number of carbonyl (C=O) groups excluding carboxylic acids is 2. The van der Waals surface area contributed by atoms with Gasteiger partial charge in [0.1, 0.15) is 18.5 Å². The van der Waals surface area contributed by atoms with Gasteiger partial charge in [0.05, 0.1) is 18.3 Å². The number of nitrogens with two attached hydrogens (primary N) is 1. The molecule has 0 radical (unpaired) electrons. The topological polar surface area (TPSA) is 143 Å². The van der Waals surface area contributed by atoms with E-state index in [9.17, 15) is 9.59 Å². The maximum absolute atomic E-state index is 11.8. The minimum atomic E-state index is -0.671. The van der Waals surface area contributed by atoms with Crippen LogP contribution in [-0.4, -0.2) is 36.7 Å². The van der Waals surface area contributed by atoms with Crippen LogP contribution in [0, 0.1) is 6.92 Å². The Labute approximate surface area is 170 Å². The zero-order chi connectivity index (χ0) is 21.3. The number of hydrogen-bond donors (Lipinski definition) is 1. The lowest BCUT2D eigenvalue weighted by atomic mass is 10.1. The number of aryl methyl sites for hydroxylation is 1. The van der Waals surface area contributed by atoms with Gasteiger partial charge >= 0.3 is 0 Å². The van der Waals surface area contributed by atoms with Crippen LogP contribution in [0.3, 0.4) is 0 Å². The summed E-state index contributed by atoms with van der Waals surface area (Å²) in [7, 11) is 0. The number of oxazole rings is 2. The molecule has 152 valence electrons. The number of ketones is 1. The molecule has 4 aromatic rings. The summed E-state index contributed by atoms with van der Waals surface area (Å²) in [5, 5.41) is 8.49. The van der Waals surface area contributed by atoms with Gasteiger partial charge in [-0.1, -0.05) is 23.8 Å². The maximum atomic E-state index is 11.8. The third-order valence-corrected chi connectivity index (χ3v) is 4.29. The second kappa shape index (κ2) is 7.74. The van der Waals surface area contributed by atoms with Gasteiger partial charge in [-0.25, -0.2) is 9.97 Å². The van der Waals surface area contributed by atoms with Crippen molar-refractivity contribution in [3.63, 3.8) is 0 Å². The lowest BCUT2D eigenvalue weighted by Gasteiger charge is -1.99. The molecule has 30 heavy (non-hydrogen) atoms. The number of hydrogen-bond acceptors (Lipinski definition) is 8. The molecule has 0 aliphatic heterocycles. The Bertz CT molecular complexity index is 1240. The monoisotopic (exact) mass is 406 g/mol. The number of nitrogens with zero attached hydrogens (tertiary/aromatic N) is 5. The third kappa shape index (κ3) is 4.02. The third-order valence-electron chi connectivity index (χ3n) is 4.29. The van der Waals surface area contributed by atoms with Crippen LogP contribution >= 0.6 is 0 Å². The van der Waals surface area contributed by atoms with Crippen molar-refractivity contribution in [2.24, 2.45) is 5.73 Å². The summed E-state index contributed by atoms with van der Waals surface area (Å²) in [6.45, 7) is 3.52. The highest BCUT2D eigenvalue weighted by molar-refractivity contribution is 5.96. The fourth-order valence-electron chi connectivity index (χ4n) is 2.90. The lowest BCUT2D eigenvalue weighted by molar-refractivity contribution is 0.0992. The summed E-state index contributed by atoms with van der Waals surface area (Å²) in [4.78, 5) is 32.8. The van der Waals surface area contributed by atoms with E-state index >= 15 is 0 Å². The number of rotatable bonds is 7. The zero-order valence-electron chi connectivity index (χ0n) is 16.3. The molecule has 0 fully saturated rings. The predicted molar refractivity (Wildman–Crippen MR) is 104 cm³/mol. The fourth-order valence-corrected chi connectivity index (χ4v) is 2.90. The van der Waals surface area contributed by atoms with Crippen LogP contribution in [0.1, 0.15) is 50.9 Å². The smallest absolute Gasteiger partial charge is 0.271 e. The van der Waals surface area contributed by atoms with Crippen LogP contribution in [0.5, 0.6) is 0 Å². The first-order valence-electron chi connectivity index (χ1n) is 9.10. The van der Waals surface area contributed by atoms with Gasteiger partial charge in [0, 0.05) is 12.5 Å². The molecule has 0 saturated carbocycles. The highest BCUT2D eigenvalue weighted by atomic mass is 16.4. The highest BCUT2D eigenvalue weighted by Crippen LogP contribution is 2.26. The number of amides is 1. The number of primary amides is 1. The van der Waals surface area contributed by atoms with Crippen molar-refractivity contribution in [1.82, 2.24) is 25.0 Å². The van der Waals surface area contributed by atoms with E-state index < -0.39 is 5.91 Å². The van der Waals surface area contributed by atoms with Crippen LogP contribution in [0.15, 0.2) is 45.6 Å². The van der Waals surface area contributed by atoms with Crippen molar-refractivity contribution >= 4 is 11.7 Å². The molecule has 0 atom stereocenters. The molecule has 10 nitrogen and oxygen atoms in total. The van der Waals surface area contributed by atoms with Gasteiger partial charge in [0.2, 0.25) is 11.8 Å². The van der Waals surface area contributed by atoms with Crippen molar-refractivity contribution in [3.8, 4) is 11.3 Å². The second-order valence-corrected chi connectivity index (χ2v) is 6.74. The molecule has 0 saturated heterocycles. The second-order valence-electron chi connectivity index (χ2n) is 6.74. The van der Waals surface area contributed by atoms with Crippen LogP contribution in [0.4, 0.5) is 0 Å². The van der Waals surface area contributed by atoms with Gasteiger partial charge < -0.3 is 14.6 Å². The van der Waals surface area contributed by atoms with E-state index in [0.717, 1.165) is 11.1 Å². The summed E-state index contributed by atoms with van der Waals surface area (Å²) in [5.74, 6) is 0.0803. The van der Waals surface area contributed by atoms with Crippen LogP contribution < -0.4 is 5.73 Å². The summed E-state index contributed by atoms with van der Waals surface area (Å²) in [5.41, 5.74) is 8.10. The Hall–Kier alpha value is -4.08. The molecule has 0 aliphatic carbocycles. The molecule has 3 aromatic heterocycles. The normalized spacial score (nSPS) is 11.0. The summed E-state index contributed by atoms with van der Waals surface area (Å²) in [6.07, 6.45) is 3.07. The van der Waals surface area contributed by atoms with Crippen LogP contribution in [0.2, 0.25) is 0 Å². The SMILES string of the molecule is CC(=O)c1coc(Cn2ncc(Cc3nc(C(N)=O)c(-c4cccc(C)c4)o3)n2)n1. The van der Waals surface area contributed by atoms with Crippen molar-refractivity contribution in [1.29, 1.82) is 0 Å². The van der Waals surface area contributed by atoms with Crippen LogP contribution in [-0.2, 0) is 13.0 Å². The molecule has 0 unspecified atom stereocenters. The van der Waals surface area contributed by atoms with Gasteiger partial charge in [-0.2, -0.15) is 15.0 Å². The van der Waals surface area contributed by atoms with Crippen molar-refractivity contribution in [3.05, 3.63) is 71.2 Å². The quantitative estimate of drug-likeness (QED) is 0.460.